The highest BCUT2D eigenvalue weighted by Gasteiger charge is 2.57. The minimum atomic E-state index is -0.994. The SMILES string of the molecule is O=C(OCC1c2ccccc2-c2ccccc21)N1C[C@@H]2COC[C@]2(C(=O)O)C1. The van der Waals surface area contributed by atoms with Gasteiger partial charge in [-0.25, -0.2) is 4.79 Å². The summed E-state index contributed by atoms with van der Waals surface area (Å²) in [7, 11) is 0. The van der Waals surface area contributed by atoms with E-state index in [4.69, 9.17) is 9.47 Å². The second-order valence-electron chi connectivity index (χ2n) is 7.86. The molecule has 1 amide bonds. The number of rotatable bonds is 3. The van der Waals surface area contributed by atoms with Gasteiger partial charge in [0.2, 0.25) is 0 Å². The van der Waals surface area contributed by atoms with Crippen LogP contribution in [0.3, 0.4) is 0 Å². The van der Waals surface area contributed by atoms with Crippen LogP contribution in [0.25, 0.3) is 11.1 Å². The summed E-state index contributed by atoms with van der Waals surface area (Å²) in [4.78, 5) is 26.0. The lowest BCUT2D eigenvalue weighted by Crippen LogP contribution is -2.40. The van der Waals surface area contributed by atoms with Gasteiger partial charge in [-0.3, -0.25) is 4.79 Å². The first kappa shape index (κ1) is 17.3. The Morgan fingerprint density at radius 2 is 1.75 bits per heavy atom. The fourth-order valence-electron chi connectivity index (χ4n) is 4.86. The lowest BCUT2D eigenvalue weighted by molar-refractivity contribution is -0.149. The number of nitrogens with zero attached hydrogens (tertiary/aromatic N) is 1. The van der Waals surface area contributed by atoms with Crippen molar-refractivity contribution in [2.75, 3.05) is 32.9 Å². The summed E-state index contributed by atoms with van der Waals surface area (Å²) in [6, 6.07) is 16.4. The number of ether oxygens (including phenoxy) is 2. The molecule has 5 rings (SSSR count). The van der Waals surface area contributed by atoms with Crippen LogP contribution in [0.5, 0.6) is 0 Å². The topological polar surface area (TPSA) is 76.1 Å². The van der Waals surface area contributed by atoms with Crippen LogP contribution >= 0.6 is 0 Å². The van der Waals surface area contributed by atoms with Gasteiger partial charge < -0.3 is 19.5 Å². The van der Waals surface area contributed by atoms with Gasteiger partial charge in [-0.2, -0.15) is 0 Å². The zero-order valence-corrected chi connectivity index (χ0v) is 15.3. The average Bonchev–Trinajstić information content (AvgIpc) is 3.36. The van der Waals surface area contributed by atoms with Crippen molar-refractivity contribution in [1.29, 1.82) is 0 Å². The Hall–Kier alpha value is -2.86. The lowest BCUT2D eigenvalue weighted by Gasteiger charge is -2.22. The van der Waals surface area contributed by atoms with Gasteiger partial charge in [0.15, 0.2) is 0 Å². The summed E-state index contributed by atoms with van der Waals surface area (Å²) in [5.41, 5.74) is 3.68. The van der Waals surface area contributed by atoms with E-state index in [-0.39, 0.29) is 31.6 Å². The molecule has 144 valence electrons. The van der Waals surface area contributed by atoms with E-state index in [0.29, 0.717) is 13.2 Å². The predicted molar refractivity (Wildman–Crippen MR) is 101 cm³/mol. The maximum absolute atomic E-state index is 12.7. The lowest BCUT2D eigenvalue weighted by atomic mass is 9.81. The summed E-state index contributed by atoms with van der Waals surface area (Å²) in [5, 5.41) is 9.64. The second-order valence-corrected chi connectivity index (χ2v) is 7.86. The number of carbonyl (C=O) groups excluding carboxylic acids is 1. The molecule has 2 aromatic carbocycles. The molecule has 6 nitrogen and oxygen atoms in total. The molecule has 0 unspecified atom stereocenters. The van der Waals surface area contributed by atoms with Crippen molar-refractivity contribution in [2.45, 2.75) is 5.92 Å². The summed E-state index contributed by atoms with van der Waals surface area (Å²) >= 11 is 0. The van der Waals surface area contributed by atoms with Gasteiger partial charge in [0, 0.05) is 24.9 Å². The molecule has 0 aromatic heterocycles. The van der Waals surface area contributed by atoms with Crippen LogP contribution in [0.1, 0.15) is 17.0 Å². The van der Waals surface area contributed by atoms with Gasteiger partial charge in [0.1, 0.15) is 12.0 Å². The largest absolute Gasteiger partial charge is 0.481 e. The molecule has 2 aromatic rings. The monoisotopic (exact) mass is 379 g/mol. The number of likely N-dealkylation sites (tertiary alicyclic amines) is 1. The van der Waals surface area contributed by atoms with E-state index in [1.54, 1.807) is 0 Å². The normalized spacial score (nSPS) is 25.3. The fraction of sp³-hybridized carbons (Fsp3) is 0.364. The van der Waals surface area contributed by atoms with E-state index >= 15 is 0 Å². The third-order valence-corrected chi connectivity index (χ3v) is 6.39. The number of aliphatic carboxylic acids is 1. The quantitative estimate of drug-likeness (QED) is 0.887. The molecule has 0 radical (unpaired) electrons. The molecule has 1 aliphatic carbocycles. The number of hydrogen-bond donors (Lipinski definition) is 1. The van der Waals surface area contributed by atoms with Crippen LogP contribution in [0, 0.1) is 11.3 Å². The number of carboxylic acid groups (broad SMARTS) is 1. The van der Waals surface area contributed by atoms with E-state index in [0.717, 1.165) is 11.1 Å². The van der Waals surface area contributed by atoms with Crippen LogP contribution in [0.15, 0.2) is 48.5 Å². The van der Waals surface area contributed by atoms with Gasteiger partial charge in [-0.1, -0.05) is 48.5 Å². The van der Waals surface area contributed by atoms with E-state index < -0.39 is 17.5 Å². The molecule has 2 fully saturated rings. The van der Waals surface area contributed by atoms with Crippen molar-refractivity contribution in [3.8, 4) is 11.1 Å². The molecule has 0 saturated carbocycles. The van der Waals surface area contributed by atoms with E-state index in [9.17, 15) is 14.7 Å². The van der Waals surface area contributed by atoms with Crippen molar-refractivity contribution < 1.29 is 24.2 Å². The first-order valence-electron chi connectivity index (χ1n) is 9.51. The standard InChI is InChI=1S/C22H21NO5/c24-20(25)22-12-23(9-14(22)10-27-13-22)21(26)28-11-19-17-7-3-1-5-15(17)16-6-2-4-8-18(16)19/h1-8,14,19H,9-13H2,(H,24,25)/t14-,22-/m1/s1. The van der Waals surface area contributed by atoms with Crippen molar-refractivity contribution in [1.82, 2.24) is 4.90 Å². The number of hydrogen-bond acceptors (Lipinski definition) is 4. The number of carboxylic acids is 1. The Balaban J connectivity index is 1.32. The highest BCUT2D eigenvalue weighted by molar-refractivity contribution is 5.80. The number of amides is 1. The second kappa shape index (κ2) is 6.34. The van der Waals surface area contributed by atoms with Gasteiger partial charge in [-0.15, -0.1) is 0 Å². The van der Waals surface area contributed by atoms with Crippen molar-refractivity contribution >= 4 is 12.1 Å². The summed E-state index contributed by atoms with van der Waals surface area (Å²) in [6.45, 7) is 1.27. The Morgan fingerprint density at radius 3 is 2.36 bits per heavy atom. The molecule has 1 N–H and O–H groups in total. The molecule has 6 heteroatoms. The van der Waals surface area contributed by atoms with Crippen LogP contribution in [0.4, 0.5) is 4.79 Å². The zero-order chi connectivity index (χ0) is 19.3. The van der Waals surface area contributed by atoms with Gasteiger partial charge in [-0.05, 0) is 22.3 Å². The highest BCUT2D eigenvalue weighted by atomic mass is 16.6. The minimum absolute atomic E-state index is 0.00443. The van der Waals surface area contributed by atoms with E-state index in [1.807, 2.05) is 24.3 Å². The van der Waals surface area contributed by atoms with Crippen LogP contribution in [-0.4, -0.2) is 55.0 Å². The van der Waals surface area contributed by atoms with Crippen LogP contribution < -0.4 is 0 Å². The predicted octanol–water partition coefficient (Wildman–Crippen LogP) is 2.97. The van der Waals surface area contributed by atoms with E-state index in [2.05, 4.69) is 24.3 Å². The maximum Gasteiger partial charge on any atom is 0.409 e. The van der Waals surface area contributed by atoms with Crippen molar-refractivity contribution in [2.24, 2.45) is 11.3 Å². The summed E-state index contributed by atoms with van der Waals surface area (Å²) in [6.07, 6.45) is -0.447. The molecule has 3 aliphatic rings. The Bertz CT molecular complexity index is 912. The number of fused-ring (bicyclic) bond motifs is 4. The molecule has 0 spiro atoms. The molecule has 2 atom stereocenters. The Labute approximate surface area is 162 Å². The summed E-state index contributed by atoms with van der Waals surface area (Å²) < 4.78 is 11.0. The highest BCUT2D eigenvalue weighted by Crippen LogP contribution is 2.45. The third-order valence-electron chi connectivity index (χ3n) is 6.39. The number of carbonyl (C=O) groups is 2. The first-order valence-corrected chi connectivity index (χ1v) is 9.51. The summed E-state index contributed by atoms with van der Waals surface area (Å²) in [5.74, 6) is -1.08. The fourth-order valence-corrected chi connectivity index (χ4v) is 4.86. The van der Waals surface area contributed by atoms with Crippen molar-refractivity contribution in [3.05, 3.63) is 59.7 Å². The van der Waals surface area contributed by atoms with Gasteiger partial charge in [0.05, 0.1) is 13.2 Å². The van der Waals surface area contributed by atoms with E-state index in [1.165, 1.54) is 16.0 Å². The van der Waals surface area contributed by atoms with Crippen LogP contribution in [0.2, 0.25) is 0 Å². The average molecular weight is 379 g/mol. The first-order chi connectivity index (χ1) is 13.6. The van der Waals surface area contributed by atoms with Crippen LogP contribution in [-0.2, 0) is 14.3 Å². The van der Waals surface area contributed by atoms with Gasteiger partial charge >= 0.3 is 12.1 Å². The Morgan fingerprint density at radius 1 is 1.11 bits per heavy atom. The molecular weight excluding hydrogens is 358 g/mol. The molecule has 2 saturated heterocycles. The molecular formula is C22H21NO5. The molecule has 2 heterocycles. The molecule has 28 heavy (non-hydrogen) atoms. The smallest absolute Gasteiger partial charge is 0.409 e. The molecule has 0 bridgehead atoms. The maximum atomic E-state index is 12.7. The van der Waals surface area contributed by atoms with Crippen molar-refractivity contribution in [3.63, 3.8) is 0 Å². The molecule has 2 aliphatic heterocycles. The minimum Gasteiger partial charge on any atom is -0.481 e. The number of benzene rings is 2. The zero-order valence-electron chi connectivity index (χ0n) is 15.3. The Kier molecular flexibility index (Phi) is 3.91. The van der Waals surface area contributed by atoms with Gasteiger partial charge in [0.25, 0.3) is 0 Å². The third kappa shape index (κ3) is 2.44.